The maximum Gasteiger partial charge on any atom is 0.224 e. The molecule has 26 heavy (non-hydrogen) atoms. The summed E-state index contributed by atoms with van der Waals surface area (Å²) < 4.78 is 1.81. The molecular weight excluding hydrogens is 330 g/mol. The Balaban J connectivity index is 1.60. The van der Waals surface area contributed by atoms with Crippen LogP contribution >= 0.6 is 0 Å². The van der Waals surface area contributed by atoms with Crippen molar-refractivity contribution in [3.63, 3.8) is 0 Å². The highest BCUT2D eigenvalue weighted by molar-refractivity contribution is 5.77. The molecule has 0 radical (unpaired) electrons. The maximum atomic E-state index is 12.7. The lowest BCUT2D eigenvalue weighted by molar-refractivity contribution is -0.132. The molecule has 1 aliphatic heterocycles. The zero-order chi connectivity index (χ0) is 18.5. The Morgan fingerprint density at radius 1 is 1.31 bits per heavy atom. The van der Waals surface area contributed by atoms with Crippen LogP contribution in [-0.2, 0) is 22.7 Å². The Kier molecular flexibility index (Phi) is 5.65. The minimum atomic E-state index is -0.0611. The van der Waals surface area contributed by atoms with Crippen LogP contribution in [-0.4, -0.2) is 38.0 Å². The molecule has 3 heterocycles. The van der Waals surface area contributed by atoms with E-state index in [4.69, 9.17) is 0 Å². The van der Waals surface area contributed by atoms with Crippen LogP contribution in [0.4, 0.5) is 0 Å². The van der Waals surface area contributed by atoms with Crippen molar-refractivity contribution in [2.75, 3.05) is 6.54 Å². The average Bonchev–Trinajstić information content (AvgIpc) is 3.27. The standard InChI is InChI=1S/C19H25N5O2/c1-14-7-10-23(22-14)11-8-19(26)24-9-3-4-18(24)17-6-5-16(13-21-17)12-20-15(2)25/h5-7,10,13,18H,3-4,8-9,11-12H2,1-2H3,(H,20,25)/t18-/m1/s1. The van der Waals surface area contributed by atoms with Crippen molar-refractivity contribution in [1.82, 2.24) is 25.0 Å². The van der Waals surface area contributed by atoms with Gasteiger partial charge in [-0.1, -0.05) is 6.07 Å². The SMILES string of the molecule is CC(=O)NCc1ccc([C@H]2CCCN2C(=O)CCn2ccc(C)n2)nc1. The summed E-state index contributed by atoms with van der Waals surface area (Å²) in [5, 5.41) is 7.09. The van der Waals surface area contributed by atoms with E-state index in [0.717, 1.165) is 36.3 Å². The molecule has 3 rings (SSSR count). The normalized spacial score (nSPS) is 16.7. The van der Waals surface area contributed by atoms with Crippen molar-refractivity contribution in [3.05, 3.63) is 47.5 Å². The molecule has 1 aliphatic rings. The van der Waals surface area contributed by atoms with E-state index >= 15 is 0 Å². The summed E-state index contributed by atoms with van der Waals surface area (Å²) in [5.41, 5.74) is 2.83. The highest BCUT2D eigenvalue weighted by Gasteiger charge is 2.30. The number of carbonyl (C=O) groups is 2. The first-order valence-corrected chi connectivity index (χ1v) is 9.02. The highest BCUT2D eigenvalue weighted by Crippen LogP contribution is 2.31. The Labute approximate surface area is 153 Å². The van der Waals surface area contributed by atoms with Crippen LogP contribution in [0.3, 0.4) is 0 Å². The van der Waals surface area contributed by atoms with E-state index in [1.54, 1.807) is 6.20 Å². The van der Waals surface area contributed by atoms with E-state index in [9.17, 15) is 9.59 Å². The van der Waals surface area contributed by atoms with Gasteiger partial charge in [-0.3, -0.25) is 19.3 Å². The maximum absolute atomic E-state index is 12.7. The third-order valence-electron chi connectivity index (χ3n) is 4.63. The number of rotatable bonds is 6. The van der Waals surface area contributed by atoms with Crippen LogP contribution in [0.15, 0.2) is 30.6 Å². The van der Waals surface area contributed by atoms with E-state index in [1.165, 1.54) is 6.92 Å². The van der Waals surface area contributed by atoms with Gasteiger partial charge in [0.15, 0.2) is 0 Å². The lowest BCUT2D eigenvalue weighted by Crippen LogP contribution is -2.31. The molecule has 1 saturated heterocycles. The fourth-order valence-electron chi connectivity index (χ4n) is 3.28. The molecule has 2 amide bonds. The molecule has 0 aliphatic carbocycles. The van der Waals surface area contributed by atoms with Gasteiger partial charge in [0.05, 0.1) is 17.4 Å². The van der Waals surface area contributed by atoms with Crippen LogP contribution in [0.2, 0.25) is 0 Å². The molecular formula is C19H25N5O2. The summed E-state index contributed by atoms with van der Waals surface area (Å²) >= 11 is 0. The van der Waals surface area contributed by atoms with Gasteiger partial charge in [-0.2, -0.15) is 5.10 Å². The van der Waals surface area contributed by atoms with Gasteiger partial charge in [0.25, 0.3) is 0 Å². The van der Waals surface area contributed by atoms with Gasteiger partial charge in [0.2, 0.25) is 11.8 Å². The van der Waals surface area contributed by atoms with Crippen LogP contribution in [0.5, 0.6) is 0 Å². The second-order valence-corrected chi connectivity index (χ2v) is 6.72. The average molecular weight is 355 g/mol. The first-order valence-electron chi connectivity index (χ1n) is 9.02. The van der Waals surface area contributed by atoms with Crippen molar-refractivity contribution in [1.29, 1.82) is 0 Å². The zero-order valence-corrected chi connectivity index (χ0v) is 15.3. The molecule has 0 unspecified atom stereocenters. The second kappa shape index (κ2) is 8.12. The minimum Gasteiger partial charge on any atom is -0.352 e. The van der Waals surface area contributed by atoms with Crippen molar-refractivity contribution in [2.45, 2.75) is 52.2 Å². The molecule has 1 fully saturated rings. The number of carbonyl (C=O) groups excluding carboxylic acids is 2. The molecule has 7 heteroatoms. The topological polar surface area (TPSA) is 80.1 Å². The predicted octanol–water partition coefficient (Wildman–Crippen LogP) is 1.98. The summed E-state index contributed by atoms with van der Waals surface area (Å²) in [4.78, 5) is 30.1. The summed E-state index contributed by atoms with van der Waals surface area (Å²) in [6.45, 7) is 5.28. The molecule has 138 valence electrons. The first kappa shape index (κ1) is 18.1. The van der Waals surface area contributed by atoms with Gasteiger partial charge in [-0.05, 0) is 37.5 Å². The Morgan fingerprint density at radius 3 is 2.81 bits per heavy atom. The second-order valence-electron chi connectivity index (χ2n) is 6.72. The Morgan fingerprint density at radius 2 is 2.15 bits per heavy atom. The molecule has 2 aromatic heterocycles. The van der Waals surface area contributed by atoms with Gasteiger partial charge in [-0.15, -0.1) is 0 Å². The van der Waals surface area contributed by atoms with E-state index in [-0.39, 0.29) is 17.9 Å². The van der Waals surface area contributed by atoms with Crippen LogP contribution < -0.4 is 5.32 Å². The molecule has 0 bridgehead atoms. The zero-order valence-electron chi connectivity index (χ0n) is 15.3. The van der Waals surface area contributed by atoms with E-state index in [2.05, 4.69) is 15.4 Å². The fourth-order valence-corrected chi connectivity index (χ4v) is 3.28. The van der Waals surface area contributed by atoms with Crippen molar-refractivity contribution >= 4 is 11.8 Å². The number of amides is 2. The van der Waals surface area contributed by atoms with Gasteiger partial charge >= 0.3 is 0 Å². The van der Waals surface area contributed by atoms with Gasteiger partial charge < -0.3 is 10.2 Å². The first-order chi connectivity index (χ1) is 12.5. The smallest absolute Gasteiger partial charge is 0.224 e. The molecule has 7 nitrogen and oxygen atoms in total. The predicted molar refractivity (Wildman–Crippen MR) is 97.0 cm³/mol. The third kappa shape index (κ3) is 4.47. The Bertz CT molecular complexity index is 768. The summed E-state index contributed by atoms with van der Waals surface area (Å²) in [5.74, 6) is 0.0822. The number of nitrogens with one attached hydrogen (secondary N) is 1. The summed E-state index contributed by atoms with van der Waals surface area (Å²) in [7, 11) is 0. The monoisotopic (exact) mass is 355 g/mol. The molecule has 0 aromatic carbocycles. The quantitative estimate of drug-likeness (QED) is 0.859. The number of likely N-dealkylation sites (tertiary alicyclic amines) is 1. The van der Waals surface area contributed by atoms with Crippen LogP contribution in [0.25, 0.3) is 0 Å². The van der Waals surface area contributed by atoms with Crippen molar-refractivity contribution in [3.8, 4) is 0 Å². The minimum absolute atomic E-state index is 0.0386. The molecule has 1 N–H and O–H groups in total. The number of aryl methyl sites for hydroxylation is 2. The summed E-state index contributed by atoms with van der Waals surface area (Å²) in [6, 6.07) is 5.91. The van der Waals surface area contributed by atoms with Crippen molar-refractivity contribution < 1.29 is 9.59 Å². The van der Waals surface area contributed by atoms with E-state index < -0.39 is 0 Å². The van der Waals surface area contributed by atoms with Crippen LogP contribution in [0, 0.1) is 6.92 Å². The number of nitrogens with zero attached hydrogens (tertiary/aromatic N) is 4. The van der Waals surface area contributed by atoms with Crippen molar-refractivity contribution in [2.24, 2.45) is 0 Å². The lowest BCUT2D eigenvalue weighted by Gasteiger charge is -2.24. The number of hydrogen-bond acceptors (Lipinski definition) is 4. The van der Waals surface area contributed by atoms with Gasteiger partial charge in [-0.25, -0.2) is 0 Å². The van der Waals surface area contributed by atoms with E-state index in [1.807, 2.05) is 40.9 Å². The number of pyridine rings is 1. The van der Waals surface area contributed by atoms with Gasteiger partial charge in [0, 0.05) is 45.4 Å². The largest absolute Gasteiger partial charge is 0.352 e. The Hall–Kier alpha value is -2.70. The fraction of sp³-hybridized carbons (Fsp3) is 0.474. The molecule has 1 atom stereocenters. The lowest BCUT2D eigenvalue weighted by atomic mass is 10.1. The number of aromatic nitrogens is 3. The molecule has 0 saturated carbocycles. The van der Waals surface area contributed by atoms with Crippen LogP contribution in [0.1, 0.15) is 49.2 Å². The summed E-state index contributed by atoms with van der Waals surface area (Å²) in [6.07, 6.45) is 6.05. The van der Waals surface area contributed by atoms with Gasteiger partial charge in [0.1, 0.15) is 0 Å². The number of hydrogen-bond donors (Lipinski definition) is 1. The molecule has 0 spiro atoms. The third-order valence-corrected chi connectivity index (χ3v) is 4.63. The highest BCUT2D eigenvalue weighted by atomic mass is 16.2. The van der Waals surface area contributed by atoms with E-state index in [0.29, 0.717) is 19.5 Å². The molecule has 2 aromatic rings.